The normalized spacial score (nSPS) is 19.9. The Hall–Kier alpha value is -1.07. The van der Waals surface area contributed by atoms with Crippen LogP contribution in [-0.2, 0) is 4.74 Å². The van der Waals surface area contributed by atoms with Crippen LogP contribution in [-0.4, -0.2) is 41.7 Å². The molecular weight excluding hydrogens is 298 g/mol. The number of morpholine rings is 1. The predicted octanol–water partition coefficient (Wildman–Crippen LogP) is 2.41. The van der Waals surface area contributed by atoms with Crippen molar-refractivity contribution in [2.24, 2.45) is 0 Å². The molecule has 0 spiro atoms. The van der Waals surface area contributed by atoms with Crippen LogP contribution in [0.15, 0.2) is 22.7 Å². The molecule has 0 bridgehead atoms. The highest BCUT2D eigenvalue weighted by atomic mass is 79.9. The van der Waals surface area contributed by atoms with Gasteiger partial charge in [0.25, 0.3) is 5.91 Å². The van der Waals surface area contributed by atoms with Crippen molar-refractivity contribution in [1.29, 1.82) is 0 Å². The number of phenols is 1. The lowest BCUT2D eigenvalue weighted by Crippen LogP contribution is -2.45. The lowest BCUT2D eigenvalue weighted by atomic mass is 10.1. The molecule has 4 nitrogen and oxygen atoms in total. The van der Waals surface area contributed by atoms with Gasteiger partial charge in [0.15, 0.2) is 0 Å². The molecule has 0 saturated carbocycles. The van der Waals surface area contributed by atoms with Crippen LogP contribution < -0.4 is 0 Å². The molecule has 98 valence electrons. The number of nitrogens with zero attached hydrogens (tertiary/aromatic N) is 1. The molecule has 1 aromatic rings. The first-order valence-electron chi connectivity index (χ1n) is 6.01. The van der Waals surface area contributed by atoms with Crippen LogP contribution in [0.5, 0.6) is 5.75 Å². The van der Waals surface area contributed by atoms with Crippen LogP contribution >= 0.6 is 15.9 Å². The molecule has 1 fully saturated rings. The zero-order valence-corrected chi connectivity index (χ0v) is 11.8. The van der Waals surface area contributed by atoms with Gasteiger partial charge in [-0.2, -0.15) is 0 Å². The second-order valence-electron chi connectivity index (χ2n) is 4.32. The SMILES string of the molecule is CC[C@@H]1CN(C(=O)c2ccc(Br)c(O)c2)CCO1. The van der Waals surface area contributed by atoms with Gasteiger partial charge < -0.3 is 14.7 Å². The predicted molar refractivity (Wildman–Crippen MR) is 71.7 cm³/mol. The van der Waals surface area contributed by atoms with E-state index in [9.17, 15) is 9.90 Å². The molecule has 18 heavy (non-hydrogen) atoms. The summed E-state index contributed by atoms with van der Waals surface area (Å²) in [7, 11) is 0. The maximum absolute atomic E-state index is 12.3. The Kier molecular flexibility index (Phi) is 4.24. The number of halogens is 1. The average molecular weight is 314 g/mol. The number of ether oxygens (including phenoxy) is 1. The molecule has 1 aliphatic heterocycles. The average Bonchev–Trinajstić information content (AvgIpc) is 2.41. The number of phenolic OH excluding ortho intramolecular Hbond substituents is 1. The molecule has 1 heterocycles. The first-order chi connectivity index (χ1) is 8.61. The van der Waals surface area contributed by atoms with E-state index in [0.717, 1.165) is 6.42 Å². The molecule has 1 aliphatic rings. The highest BCUT2D eigenvalue weighted by Crippen LogP contribution is 2.25. The molecule has 5 heteroatoms. The van der Waals surface area contributed by atoms with Crippen molar-refractivity contribution >= 4 is 21.8 Å². The third-order valence-electron chi connectivity index (χ3n) is 3.07. The van der Waals surface area contributed by atoms with Crippen LogP contribution in [0.1, 0.15) is 23.7 Å². The van der Waals surface area contributed by atoms with Crippen molar-refractivity contribution in [3.05, 3.63) is 28.2 Å². The first-order valence-corrected chi connectivity index (χ1v) is 6.80. The Morgan fingerprint density at radius 1 is 1.61 bits per heavy atom. The minimum atomic E-state index is -0.0560. The fraction of sp³-hybridized carbons (Fsp3) is 0.462. The number of amides is 1. The fourth-order valence-corrected chi connectivity index (χ4v) is 2.23. The molecule has 1 amide bonds. The summed E-state index contributed by atoms with van der Waals surface area (Å²) in [6.07, 6.45) is 1.02. The third kappa shape index (κ3) is 2.84. The zero-order chi connectivity index (χ0) is 13.1. The van der Waals surface area contributed by atoms with E-state index in [0.29, 0.717) is 29.7 Å². The molecule has 1 saturated heterocycles. The van der Waals surface area contributed by atoms with E-state index in [1.165, 1.54) is 6.07 Å². The Morgan fingerprint density at radius 2 is 2.39 bits per heavy atom. The number of carbonyl (C=O) groups is 1. The van der Waals surface area contributed by atoms with Gasteiger partial charge in [0.05, 0.1) is 17.2 Å². The van der Waals surface area contributed by atoms with Crippen LogP contribution in [0.3, 0.4) is 0 Å². The van der Waals surface area contributed by atoms with Crippen molar-refractivity contribution in [3.63, 3.8) is 0 Å². The van der Waals surface area contributed by atoms with Crippen molar-refractivity contribution in [1.82, 2.24) is 4.90 Å². The van der Waals surface area contributed by atoms with E-state index in [2.05, 4.69) is 15.9 Å². The maximum atomic E-state index is 12.3. The summed E-state index contributed by atoms with van der Waals surface area (Å²) in [6, 6.07) is 4.88. The Morgan fingerprint density at radius 3 is 3.06 bits per heavy atom. The zero-order valence-electron chi connectivity index (χ0n) is 10.2. The summed E-state index contributed by atoms with van der Waals surface area (Å²) in [5.74, 6) is 0.0284. The summed E-state index contributed by atoms with van der Waals surface area (Å²) in [6.45, 7) is 3.84. The molecule has 0 aromatic heterocycles. The number of rotatable bonds is 2. The largest absolute Gasteiger partial charge is 0.507 e. The second-order valence-corrected chi connectivity index (χ2v) is 5.17. The number of benzene rings is 1. The van der Waals surface area contributed by atoms with Gasteiger partial charge in [-0.25, -0.2) is 0 Å². The van der Waals surface area contributed by atoms with Crippen LogP contribution in [0, 0.1) is 0 Å². The fourth-order valence-electron chi connectivity index (χ4n) is 1.98. The summed E-state index contributed by atoms with van der Waals surface area (Å²) in [4.78, 5) is 14.0. The van der Waals surface area contributed by atoms with Gasteiger partial charge in [0.1, 0.15) is 5.75 Å². The van der Waals surface area contributed by atoms with Crippen molar-refractivity contribution in [3.8, 4) is 5.75 Å². The van der Waals surface area contributed by atoms with E-state index < -0.39 is 0 Å². The van der Waals surface area contributed by atoms with Gasteiger partial charge in [0.2, 0.25) is 0 Å². The Labute approximate surface area is 115 Å². The van der Waals surface area contributed by atoms with Gasteiger partial charge in [-0.15, -0.1) is 0 Å². The van der Waals surface area contributed by atoms with Crippen LogP contribution in [0.25, 0.3) is 0 Å². The van der Waals surface area contributed by atoms with Crippen molar-refractivity contribution in [2.75, 3.05) is 19.7 Å². The van der Waals surface area contributed by atoms with Gasteiger partial charge in [-0.05, 0) is 40.5 Å². The van der Waals surface area contributed by atoms with Crippen LogP contribution in [0.2, 0.25) is 0 Å². The second kappa shape index (κ2) is 5.71. The smallest absolute Gasteiger partial charge is 0.254 e. The van der Waals surface area contributed by atoms with Gasteiger partial charge >= 0.3 is 0 Å². The van der Waals surface area contributed by atoms with Gasteiger partial charge in [0, 0.05) is 18.7 Å². The molecule has 0 aliphatic carbocycles. The van der Waals surface area contributed by atoms with E-state index in [4.69, 9.17) is 4.74 Å². The Balaban J connectivity index is 2.12. The van der Waals surface area contributed by atoms with Crippen molar-refractivity contribution in [2.45, 2.75) is 19.4 Å². The molecule has 1 aromatic carbocycles. The number of hydrogen-bond donors (Lipinski definition) is 1. The van der Waals surface area contributed by atoms with Gasteiger partial charge in [-0.1, -0.05) is 6.92 Å². The minimum absolute atomic E-state index is 0.0560. The molecule has 0 unspecified atom stereocenters. The number of aromatic hydroxyl groups is 1. The van der Waals surface area contributed by atoms with Crippen LogP contribution in [0.4, 0.5) is 0 Å². The summed E-state index contributed by atoms with van der Waals surface area (Å²) in [5, 5.41) is 9.60. The molecular formula is C13H16BrNO3. The highest BCUT2D eigenvalue weighted by molar-refractivity contribution is 9.10. The van der Waals surface area contributed by atoms with E-state index >= 15 is 0 Å². The summed E-state index contributed by atoms with van der Waals surface area (Å²) < 4.78 is 6.13. The lowest BCUT2D eigenvalue weighted by Gasteiger charge is -2.32. The monoisotopic (exact) mass is 313 g/mol. The van der Waals surface area contributed by atoms with E-state index in [1.807, 2.05) is 6.92 Å². The lowest BCUT2D eigenvalue weighted by molar-refractivity contribution is -0.0226. The number of hydrogen-bond acceptors (Lipinski definition) is 3. The Bertz CT molecular complexity index is 450. The highest BCUT2D eigenvalue weighted by Gasteiger charge is 2.24. The summed E-state index contributed by atoms with van der Waals surface area (Å²) in [5.41, 5.74) is 0.507. The summed E-state index contributed by atoms with van der Waals surface area (Å²) >= 11 is 3.20. The van der Waals surface area contributed by atoms with E-state index in [-0.39, 0.29) is 17.8 Å². The molecule has 0 radical (unpaired) electrons. The quantitative estimate of drug-likeness (QED) is 0.912. The molecule has 1 N–H and O–H groups in total. The molecule has 2 rings (SSSR count). The maximum Gasteiger partial charge on any atom is 0.254 e. The first kappa shape index (κ1) is 13.4. The van der Waals surface area contributed by atoms with Crippen molar-refractivity contribution < 1.29 is 14.6 Å². The van der Waals surface area contributed by atoms with E-state index in [1.54, 1.807) is 17.0 Å². The molecule has 1 atom stereocenters. The number of carbonyl (C=O) groups excluding carboxylic acids is 1. The van der Waals surface area contributed by atoms with Gasteiger partial charge in [-0.3, -0.25) is 4.79 Å². The topological polar surface area (TPSA) is 49.8 Å². The minimum Gasteiger partial charge on any atom is -0.507 e. The third-order valence-corrected chi connectivity index (χ3v) is 3.74. The standard InChI is InChI=1S/C13H16BrNO3/c1-2-10-8-15(5-6-18-10)13(17)9-3-4-11(14)12(16)7-9/h3-4,7,10,16H,2,5-6,8H2,1H3/t10-/m1/s1.